The van der Waals surface area contributed by atoms with E-state index in [1.54, 1.807) is 6.92 Å². The third-order valence-corrected chi connectivity index (χ3v) is 3.70. The molecule has 1 unspecified atom stereocenters. The first-order chi connectivity index (χ1) is 9.69. The second-order valence-electron chi connectivity index (χ2n) is 5.15. The number of imidazole rings is 1. The number of rotatable bonds is 3. The van der Waals surface area contributed by atoms with Gasteiger partial charge in [-0.05, 0) is 18.6 Å². The third kappa shape index (κ3) is 2.22. The number of hydrogen-bond acceptors (Lipinski definition) is 4. The molecule has 0 bridgehead atoms. The molecule has 0 aliphatic carbocycles. The van der Waals surface area contributed by atoms with Crippen LogP contribution in [0.25, 0.3) is 5.65 Å². The van der Waals surface area contributed by atoms with Gasteiger partial charge in [-0.25, -0.2) is 4.98 Å². The lowest BCUT2D eigenvalue weighted by Crippen LogP contribution is -2.35. The summed E-state index contributed by atoms with van der Waals surface area (Å²) in [6.45, 7) is 3.68. The van der Waals surface area contributed by atoms with Crippen LogP contribution in [0.15, 0.2) is 24.4 Å². The van der Waals surface area contributed by atoms with E-state index < -0.39 is 0 Å². The van der Waals surface area contributed by atoms with Crippen LogP contribution in [0.1, 0.15) is 19.0 Å². The smallest absolute Gasteiger partial charge is 0.217 e. The van der Waals surface area contributed by atoms with Crippen molar-refractivity contribution in [1.29, 1.82) is 0 Å². The molecule has 1 aliphatic rings. The van der Waals surface area contributed by atoms with E-state index >= 15 is 0 Å². The van der Waals surface area contributed by atoms with Gasteiger partial charge >= 0.3 is 0 Å². The summed E-state index contributed by atoms with van der Waals surface area (Å²) in [7, 11) is 0. The van der Waals surface area contributed by atoms with Crippen molar-refractivity contribution in [3.8, 4) is 0 Å². The van der Waals surface area contributed by atoms with Crippen molar-refractivity contribution in [2.24, 2.45) is 5.73 Å². The minimum Gasteiger partial charge on any atom is -0.353 e. The summed E-state index contributed by atoms with van der Waals surface area (Å²) in [6.07, 6.45) is 2.92. The number of amides is 1. The molecule has 20 heavy (non-hydrogen) atoms. The first-order valence-corrected chi connectivity index (χ1v) is 6.87. The molecule has 1 atom stereocenters. The molecule has 0 aromatic carbocycles. The predicted molar refractivity (Wildman–Crippen MR) is 77.5 cm³/mol. The second kappa shape index (κ2) is 5.13. The average Bonchev–Trinajstić information content (AvgIpc) is 3.01. The fourth-order valence-electron chi connectivity index (χ4n) is 2.83. The summed E-state index contributed by atoms with van der Waals surface area (Å²) < 4.78 is 2.03. The highest BCUT2D eigenvalue weighted by molar-refractivity contribution is 5.73. The highest BCUT2D eigenvalue weighted by atomic mass is 16.1. The van der Waals surface area contributed by atoms with Crippen molar-refractivity contribution in [1.82, 2.24) is 14.7 Å². The quantitative estimate of drug-likeness (QED) is 0.854. The molecule has 3 heterocycles. The minimum atomic E-state index is 0.0194. The molecular formula is C14H19N5O. The molecule has 0 saturated carbocycles. The van der Waals surface area contributed by atoms with E-state index in [2.05, 4.69) is 15.2 Å². The zero-order chi connectivity index (χ0) is 14.1. The maximum absolute atomic E-state index is 11.1. The third-order valence-electron chi connectivity index (χ3n) is 3.70. The van der Waals surface area contributed by atoms with Gasteiger partial charge in [-0.3, -0.25) is 4.79 Å². The molecule has 0 spiro atoms. The molecule has 106 valence electrons. The van der Waals surface area contributed by atoms with Crippen LogP contribution in [-0.4, -0.2) is 34.4 Å². The van der Waals surface area contributed by atoms with Crippen molar-refractivity contribution in [2.75, 3.05) is 18.0 Å². The number of hydrogen-bond donors (Lipinski definition) is 2. The molecule has 1 amide bonds. The van der Waals surface area contributed by atoms with Gasteiger partial charge in [0, 0.05) is 38.8 Å². The summed E-state index contributed by atoms with van der Waals surface area (Å²) in [5.74, 6) is 0.956. The summed E-state index contributed by atoms with van der Waals surface area (Å²) in [6, 6.07) is 6.12. The minimum absolute atomic E-state index is 0.0194. The van der Waals surface area contributed by atoms with Crippen molar-refractivity contribution >= 4 is 17.4 Å². The second-order valence-corrected chi connectivity index (χ2v) is 5.15. The number of pyridine rings is 1. The first kappa shape index (κ1) is 12.9. The van der Waals surface area contributed by atoms with Crippen molar-refractivity contribution in [2.45, 2.75) is 25.9 Å². The first-order valence-electron chi connectivity index (χ1n) is 6.87. The Morgan fingerprint density at radius 2 is 2.40 bits per heavy atom. The van der Waals surface area contributed by atoms with Gasteiger partial charge < -0.3 is 20.4 Å². The summed E-state index contributed by atoms with van der Waals surface area (Å²) in [5.41, 5.74) is 7.81. The summed E-state index contributed by atoms with van der Waals surface area (Å²) in [5, 5.41) is 2.97. The molecule has 3 rings (SSSR count). The van der Waals surface area contributed by atoms with Gasteiger partial charge in [0.2, 0.25) is 5.91 Å². The lowest BCUT2D eigenvalue weighted by Gasteiger charge is -2.17. The number of nitrogens with one attached hydrogen (secondary N) is 1. The maximum Gasteiger partial charge on any atom is 0.217 e. The van der Waals surface area contributed by atoms with Gasteiger partial charge in [0.15, 0.2) is 5.82 Å². The van der Waals surface area contributed by atoms with Crippen molar-refractivity contribution < 1.29 is 4.79 Å². The molecule has 1 fully saturated rings. The SMILES string of the molecule is CC(=O)NC1CCN(c2nc3ccccn3c2CN)C1. The van der Waals surface area contributed by atoms with Crippen molar-refractivity contribution in [3.05, 3.63) is 30.1 Å². The molecular weight excluding hydrogens is 254 g/mol. The number of nitrogens with zero attached hydrogens (tertiary/aromatic N) is 3. The van der Waals surface area contributed by atoms with E-state index in [1.807, 2.05) is 28.8 Å². The van der Waals surface area contributed by atoms with Crippen LogP contribution < -0.4 is 16.0 Å². The molecule has 6 heteroatoms. The zero-order valence-electron chi connectivity index (χ0n) is 11.5. The Hall–Kier alpha value is -2.08. The van der Waals surface area contributed by atoms with E-state index in [9.17, 15) is 4.79 Å². The topological polar surface area (TPSA) is 75.7 Å². The number of aromatic nitrogens is 2. The van der Waals surface area contributed by atoms with Gasteiger partial charge in [0.05, 0.1) is 5.69 Å². The normalized spacial score (nSPS) is 18.7. The van der Waals surface area contributed by atoms with Crippen LogP contribution in [-0.2, 0) is 11.3 Å². The molecule has 2 aromatic heterocycles. The number of anilines is 1. The van der Waals surface area contributed by atoms with Gasteiger partial charge in [-0.15, -0.1) is 0 Å². The van der Waals surface area contributed by atoms with Crippen LogP contribution in [0.2, 0.25) is 0 Å². The van der Waals surface area contributed by atoms with Crippen LogP contribution >= 0.6 is 0 Å². The summed E-state index contributed by atoms with van der Waals surface area (Å²) >= 11 is 0. The Balaban J connectivity index is 1.89. The monoisotopic (exact) mass is 273 g/mol. The fraction of sp³-hybridized carbons (Fsp3) is 0.429. The Bertz CT molecular complexity index is 636. The maximum atomic E-state index is 11.1. The van der Waals surface area contributed by atoms with Gasteiger partial charge in [-0.1, -0.05) is 6.07 Å². The van der Waals surface area contributed by atoms with E-state index in [1.165, 1.54) is 0 Å². The Kier molecular flexibility index (Phi) is 3.31. The standard InChI is InChI=1S/C14H19N5O/c1-10(20)16-11-5-7-18(9-11)14-12(8-15)19-6-3-2-4-13(19)17-14/h2-4,6,11H,5,7-9,15H2,1H3,(H,16,20). The number of carbonyl (C=O) groups excluding carboxylic acids is 1. The largest absolute Gasteiger partial charge is 0.353 e. The van der Waals surface area contributed by atoms with E-state index in [-0.39, 0.29) is 11.9 Å². The highest BCUT2D eigenvalue weighted by Gasteiger charge is 2.27. The fourth-order valence-corrected chi connectivity index (χ4v) is 2.83. The zero-order valence-corrected chi connectivity index (χ0v) is 11.5. The van der Waals surface area contributed by atoms with Gasteiger partial charge in [0.1, 0.15) is 5.65 Å². The number of fused-ring (bicyclic) bond motifs is 1. The predicted octanol–water partition coefficient (Wildman–Crippen LogP) is 0.508. The lowest BCUT2D eigenvalue weighted by molar-refractivity contribution is -0.119. The molecule has 1 saturated heterocycles. The molecule has 1 aliphatic heterocycles. The Morgan fingerprint density at radius 3 is 3.15 bits per heavy atom. The van der Waals surface area contributed by atoms with Gasteiger partial charge in [0.25, 0.3) is 0 Å². The highest BCUT2D eigenvalue weighted by Crippen LogP contribution is 2.25. The van der Waals surface area contributed by atoms with Crippen LogP contribution in [0, 0.1) is 0 Å². The van der Waals surface area contributed by atoms with Gasteiger partial charge in [-0.2, -0.15) is 0 Å². The Labute approximate surface area is 117 Å². The molecule has 6 nitrogen and oxygen atoms in total. The molecule has 0 radical (unpaired) electrons. The lowest BCUT2D eigenvalue weighted by atomic mass is 10.2. The van der Waals surface area contributed by atoms with Crippen LogP contribution in [0.4, 0.5) is 5.82 Å². The van der Waals surface area contributed by atoms with E-state index in [4.69, 9.17) is 5.73 Å². The van der Waals surface area contributed by atoms with Crippen LogP contribution in [0.3, 0.4) is 0 Å². The Morgan fingerprint density at radius 1 is 1.55 bits per heavy atom. The molecule has 2 aromatic rings. The summed E-state index contributed by atoms with van der Waals surface area (Å²) in [4.78, 5) is 18.0. The average molecular weight is 273 g/mol. The van der Waals surface area contributed by atoms with Crippen molar-refractivity contribution in [3.63, 3.8) is 0 Å². The van der Waals surface area contributed by atoms with Crippen LogP contribution in [0.5, 0.6) is 0 Å². The van der Waals surface area contributed by atoms with E-state index in [0.717, 1.165) is 36.7 Å². The molecule has 3 N–H and O–H groups in total. The number of carbonyl (C=O) groups is 1. The number of nitrogens with two attached hydrogens (primary N) is 1. The van der Waals surface area contributed by atoms with E-state index in [0.29, 0.717) is 6.54 Å².